The standard InChI is InChI=1S/C6H12N2Se/c1-3-5-4(2)9-6(7)8-5/h4-5H,3H2,1-2H3,(H2,7,8)/t4-,5+/m1/s1. The van der Waals surface area contributed by atoms with Crippen molar-refractivity contribution in [3.63, 3.8) is 0 Å². The van der Waals surface area contributed by atoms with Gasteiger partial charge in [-0.1, -0.05) is 0 Å². The second-order valence-corrected chi connectivity index (χ2v) is 5.20. The van der Waals surface area contributed by atoms with Crippen LogP contribution in [0.15, 0.2) is 4.99 Å². The molecule has 0 saturated carbocycles. The molecule has 1 rings (SSSR count). The Bertz CT molecular complexity index is 133. The van der Waals surface area contributed by atoms with Crippen LogP contribution in [0, 0.1) is 0 Å². The summed E-state index contributed by atoms with van der Waals surface area (Å²) in [4.78, 5) is 5.05. The monoisotopic (exact) mass is 192 g/mol. The minimum absolute atomic E-state index is 0.487. The van der Waals surface area contributed by atoms with Gasteiger partial charge in [0.15, 0.2) is 0 Å². The van der Waals surface area contributed by atoms with Crippen LogP contribution >= 0.6 is 0 Å². The van der Waals surface area contributed by atoms with Gasteiger partial charge in [-0.2, -0.15) is 0 Å². The molecule has 0 saturated heterocycles. The van der Waals surface area contributed by atoms with Crippen LogP contribution in [-0.2, 0) is 0 Å². The van der Waals surface area contributed by atoms with Crippen molar-refractivity contribution in [2.45, 2.75) is 31.1 Å². The molecule has 2 N–H and O–H groups in total. The molecule has 0 aromatic carbocycles. The molecule has 0 bridgehead atoms. The van der Waals surface area contributed by atoms with E-state index in [4.69, 9.17) is 5.73 Å². The first kappa shape index (κ1) is 7.10. The van der Waals surface area contributed by atoms with E-state index in [1.54, 1.807) is 0 Å². The van der Waals surface area contributed by atoms with Gasteiger partial charge in [-0.15, -0.1) is 0 Å². The number of hydrogen-bond donors (Lipinski definition) is 1. The van der Waals surface area contributed by atoms with Gasteiger partial charge in [-0.25, -0.2) is 0 Å². The van der Waals surface area contributed by atoms with E-state index in [9.17, 15) is 0 Å². The van der Waals surface area contributed by atoms with Gasteiger partial charge in [0, 0.05) is 0 Å². The van der Waals surface area contributed by atoms with Gasteiger partial charge in [0.05, 0.1) is 0 Å². The molecule has 0 spiro atoms. The molecule has 1 heterocycles. The fourth-order valence-electron chi connectivity index (χ4n) is 0.991. The molecule has 2 atom stereocenters. The number of aliphatic imine (C=N–C) groups is 1. The van der Waals surface area contributed by atoms with Gasteiger partial charge in [-0.05, 0) is 0 Å². The van der Waals surface area contributed by atoms with E-state index in [2.05, 4.69) is 18.8 Å². The Morgan fingerprint density at radius 2 is 2.44 bits per heavy atom. The zero-order valence-electron chi connectivity index (χ0n) is 5.79. The molecule has 0 aliphatic carbocycles. The normalized spacial score (nSPS) is 34.7. The number of nitrogens with two attached hydrogens (primary N) is 1. The molecule has 3 heteroatoms. The molecule has 1 aliphatic heterocycles. The second kappa shape index (κ2) is 2.72. The fraction of sp³-hybridized carbons (Fsp3) is 0.833. The Morgan fingerprint density at radius 3 is 2.67 bits per heavy atom. The topological polar surface area (TPSA) is 38.4 Å². The molecule has 0 unspecified atom stereocenters. The summed E-state index contributed by atoms with van der Waals surface area (Å²) >= 11 is 0.487. The van der Waals surface area contributed by atoms with Crippen molar-refractivity contribution in [2.75, 3.05) is 0 Å². The summed E-state index contributed by atoms with van der Waals surface area (Å²) in [5.41, 5.74) is 5.57. The van der Waals surface area contributed by atoms with Crippen molar-refractivity contribution in [2.24, 2.45) is 10.7 Å². The van der Waals surface area contributed by atoms with E-state index < -0.39 is 0 Å². The SMILES string of the molecule is CC[C@@H]1N=C(N)[Se][C@@H]1C. The van der Waals surface area contributed by atoms with Crippen molar-refractivity contribution in [1.82, 2.24) is 0 Å². The van der Waals surface area contributed by atoms with Crippen molar-refractivity contribution in [1.29, 1.82) is 0 Å². The number of hydrogen-bond acceptors (Lipinski definition) is 2. The Labute approximate surface area is 62.1 Å². The van der Waals surface area contributed by atoms with Crippen LogP contribution in [0.4, 0.5) is 0 Å². The van der Waals surface area contributed by atoms with Crippen LogP contribution in [-0.4, -0.2) is 25.7 Å². The number of nitrogens with zero attached hydrogens (tertiary/aromatic N) is 1. The van der Waals surface area contributed by atoms with Crippen LogP contribution in [0.3, 0.4) is 0 Å². The van der Waals surface area contributed by atoms with Crippen LogP contribution in [0.25, 0.3) is 0 Å². The third kappa shape index (κ3) is 1.46. The number of amidine groups is 1. The van der Waals surface area contributed by atoms with E-state index in [0.717, 1.165) is 16.0 Å². The quantitative estimate of drug-likeness (QED) is 0.606. The van der Waals surface area contributed by atoms with E-state index in [1.165, 1.54) is 0 Å². The van der Waals surface area contributed by atoms with Gasteiger partial charge < -0.3 is 0 Å². The van der Waals surface area contributed by atoms with E-state index >= 15 is 0 Å². The zero-order chi connectivity index (χ0) is 6.85. The Kier molecular flexibility index (Phi) is 2.14. The molecule has 2 nitrogen and oxygen atoms in total. The van der Waals surface area contributed by atoms with Crippen LogP contribution in [0.5, 0.6) is 0 Å². The summed E-state index contributed by atoms with van der Waals surface area (Å²) in [6, 6.07) is 0.532. The van der Waals surface area contributed by atoms with Crippen LogP contribution in [0.1, 0.15) is 20.3 Å². The third-order valence-electron chi connectivity index (χ3n) is 1.56. The van der Waals surface area contributed by atoms with Crippen LogP contribution in [0.2, 0.25) is 4.82 Å². The minimum atomic E-state index is 0.487. The average molecular weight is 191 g/mol. The van der Waals surface area contributed by atoms with Crippen molar-refractivity contribution >= 4 is 19.7 Å². The number of rotatable bonds is 1. The predicted molar refractivity (Wildman–Crippen MR) is 40.9 cm³/mol. The summed E-state index contributed by atoms with van der Waals surface area (Å²) in [5, 5.41) is 0. The molecule has 0 amide bonds. The average Bonchev–Trinajstić information content (AvgIpc) is 2.10. The first-order valence-electron chi connectivity index (χ1n) is 3.24. The first-order valence-corrected chi connectivity index (χ1v) is 5.08. The van der Waals surface area contributed by atoms with Crippen molar-refractivity contribution in [3.8, 4) is 0 Å². The Morgan fingerprint density at radius 1 is 1.78 bits per heavy atom. The van der Waals surface area contributed by atoms with Gasteiger partial charge in [-0.3, -0.25) is 0 Å². The maximum absolute atomic E-state index is 5.57. The van der Waals surface area contributed by atoms with Crippen LogP contribution < -0.4 is 5.73 Å². The third-order valence-corrected chi connectivity index (χ3v) is 3.73. The van der Waals surface area contributed by atoms with Crippen molar-refractivity contribution in [3.05, 3.63) is 0 Å². The molecule has 0 aromatic rings. The summed E-state index contributed by atoms with van der Waals surface area (Å²) in [6.45, 7) is 4.40. The first-order chi connectivity index (χ1) is 4.24. The maximum atomic E-state index is 5.57. The molecule has 1 aliphatic rings. The molecular formula is C6H12N2Se. The van der Waals surface area contributed by atoms with Crippen molar-refractivity contribution < 1.29 is 0 Å². The van der Waals surface area contributed by atoms with Gasteiger partial charge in [0.1, 0.15) is 0 Å². The second-order valence-electron chi connectivity index (χ2n) is 2.27. The van der Waals surface area contributed by atoms with Gasteiger partial charge >= 0.3 is 61.5 Å². The molecule has 0 radical (unpaired) electrons. The molecule has 9 heavy (non-hydrogen) atoms. The summed E-state index contributed by atoms with van der Waals surface area (Å²) in [7, 11) is 0. The molecule has 0 fully saturated rings. The van der Waals surface area contributed by atoms with E-state index in [0.29, 0.717) is 21.0 Å². The molecule has 52 valence electrons. The summed E-state index contributed by atoms with van der Waals surface area (Å²) in [5.74, 6) is 0. The molecule has 0 aromatic heterocycles. The Hall–Kier alpha value is -0.0105. The fourth-order valence-corrected chi connectivity index (χ4v) is 3.06. The summed E-state index contributed by atoms with van der Waals surface area (Å²) < 4.78 is 0.904. The summed E-state index contributed by atoms with van der Waals surface area (Å²) in [6.07, 6.45) is 1.14. The van der Waals surface area contributed by atoms with E-state index in [1.807, 2.05) is 0 Å². The van der Waals surface area contributed by atoms with E-state index in [-0.39, 0.29) is 0 Å². The van der Waals surface area contributed by atoms with Gasteiger partial charge in [0.25, 0.3) is 0 Å². The zero-order valence-corrected chi connectivity index (χ0v) is 7.51. The Balaban J connectivity index is 2.53. The molecular weight excluding hydrogens is 179 g/mol. The predicted octanol–water partition coefficient (Wildman–Crippen LogP) is 0.606. The van der Waals surface area contributed by atoms with Gasteiger partial charge in [0.2, 0.25) is 0 Å².